The van der Waals surface area contributed by atoms with Gasteiger partial charge in [-0.25, -0.2) is 9.59 Å². The van der Waals surface area contributed by atoms with E-state index < -0.39 is 70.0 Å². The molecule has 1 aliphatic heterocycles. The van der Waals surface area contributed by atoms with Crippen molar-refractivity contribution in [1.82, 2.24) is 20.9 Å². The number of carbonyl (C=O) groups excluding carboxylic acids is 6. The maximum absolute atomic E-state index is 14.4. The summed E-state index contributed by atoms with van der Waals surface area (Å²) in [5.41, 5.74) is 3.87. The topological polar surface area (TPSA) is 177 Å². The average Bonchev–Trinajstić information content (AvgIpc) is 3.22. The smallest absolute Gasteiger partial charge is 0.329 e. The number of nitrogens with zero attached hydrogens (tertiary/aromatic N) is 1. The van der Waals surface area contributed by atoms with Crippen molar-refractivity contribution >= 4 is 47.3 Å². The van der Waals surface area contributed by atoms with Crippen LogP contribution in [0.3, 0.4) is 0 Å². The maximum Gasteiger partial charge on any atom is 0.329 e. The minimum atomic E-state index is -1.13. The Morgan fingerprint density at radius 3 is 2.04 bits per heavy atom. The predicted molar refractivity (Wildman–Crippen MR) is 183 cm³/mol. The van der Waals surface area contributed by atoms with Gasteiger partial charge in [-0.2, -0.15) is 0 Å². The van der Waals surface area contributed by atoms with Crippen LogP contribution in [0.2, 0.25) is 0 Å². The number of primary amides is 1. The second-order valence-electron chi connectivity index (χ2n) is 16.3. The largest absolute Gasteiger partial charge is 0.458 e. The van der Waals surface area contributed by atoms with Crippen molar-refractivity contribution in [3.8, 4) is 0 Å². The average molecular weight is 692 g/mol. The summed E-state index contributed by atoms with van der Waals surface area (Å²) in [6, 6.07) is -3.38. The first-order chi connectivity index (χ1) is 22.5. The first-order valence-corrected chi connectivity index (χ1v) is 18.9. The summed E-state index contributed by atoms with van der Waals surface area (Å²) in [4.78, 5) is 81.2. The van der Waals surface area contributed by atoms with E-state index in [-0.39, 0.29) is 17.8 Å². The Morgan fingerprint density at radius 1 is 0.854 bits per heavy atom. The molecule has 4 rings (SSSR count). The van der Waals surface area contributed by atoms with Crippen LogP contribution in [0.1, 0.15) is 112 Å². The third-order valence-corrected chi connectivity index (χ3v) is 11.6. The zero-order valence-corrected chi connectivity index (χ0v) is 30.4. The summed E-state index contributed by atoms with van der Waals surface area (Å²) in [7, 11) is 0. The molecular weight excluding hydrogens is 634 g/mol. The molecule has 3 aliphatic carbocycles. The van der Waals surface area contributed by atoms with Gasteiger partial charge in [0.25, 0.3) is 11.7 Å². The van der Waals surface area contributed by atoms with E-state index in [1.807, 2.05) is 20.8 Å². The molecule has 13 heteroatoms. The van der Waals surface area contributed by atoms with Crippen LogP contribution in [0, 0.1) is 29.1 Å². The highest BCUT2D eigenvalue weighted by Crippen LogP contribution is 2.46. The lowest BCUT2D eigenvalue weighted by atomic mass is 9.73. The molecular formula is C35H57N5O7S. The van der Waals surface area contributed by atoms with E-state index in [2.05, 4.69) is 16.0 Å². The van der Waals surface area contributed by atoms with E-state index >= 15 is 0 Å². The number of ketones is 1. The molecule has 3 saturated carbocycles. The number of fused-ring (bicyclic) bond motifs is 1. The van der Waals surface area contributed by atoms with Crippen LogP contribution < -0.4 is 21.7 Å². The molecule has 0 spiro atoms. The molecule has 0 bridgehead atoms. The first kappa shape index (κ1) is 38.0. The number of thioether (sulfide) groups is 1. The fraction of sp³-hybridized carbons (Fsp3) is 0.829. The van der Waals surface area contributed by atoms with E-state index in [4.69, 9.17) is 10.5 Å². The van der Waals surface area contributed by atoms with Crippen molar-refractivity contribution in [3.63, 3.8) is 0 Å². The number of carbonyl (C=O) groups is 6. The number of likely N-dealkylation sites (tertiary alicyclic amines) is 1. The Labute approximate surface area is 289 Å². The number of hydrogen-bond donors (Lipinski definition) is 4. The standard InChI is InChI=1S/C35H57N5O7S/c1-34(2,3)27(38-33(46)37-24(21-13-8-7-9-14-21)32(45)47-35(4,5)6)31(44)40-19-22-15-16-23(22)25(40)29(43)39-30(26(41)28(36)42)48-18-17-20-11-10-12-20/h20-25,27,30H,7-19H2,1-6H3,(H2,36,42)(H,39,43)(H2,37,38,46)/t22-,23-,24+,25-,27+,30?/m0/s1. The molecule has 48 heavy (non-hydrogen) atoms. The molecule has 6 atom stereocenters. The fourth-order valence-corrected chi connectivity index (χ4v) is 8.56. The molecule has 0 aromatic rings. The number of hydrogen-bond acceptors (Lipinski definition) is 8. The fourth-order valence-electron chi connectivity index (χ4n) is 7.39. The zero-order valence-electron chi connectivity index (χ0n) is 29.6. The third kappa shape index (κ3) is 9.65. The van der Waals surface area contributed by atoms with Gasteiger partial charge in [-0.05, 0) is 87.7 Å². The summed E-state index contributed by atoms with van der Waals surface area (Å²) in [5.74, 6) is -2.23. The number of amides is 5. The van der Waals surface area contributed by atoms with Crippen molar-refractivity contribution in [2.24, 2.45) is 34.8 Å². The second-order valence-corrected chi connectivity index (χ2v) is 17.5. The van der Waals surface area contributed by atoms with E-state index in [1.54, 1.807) is 20.8 Å². The molecule has 12 nitrogen and oxygen atoms in total. The lowest BCUT2D eigenvalue weighted by molar-refractivity contribution is -0.159. The quantitative estimate of drug-likeness (QED) is 0.129. The number of esters is 1. The molecule has 1 unspecified atom stereocenters. The van der Waals surface area contributed by atoms with Gasteiger partial charge in [0, 0.05) is 6.54 Å². The molecule has 4 aliphatic rings. The van der Waals surface area contributed by atoms with Gasteiger partial charge >= 0.3 is 12.0 Å². The van der Waals surface area contributed by atoms with Gasteiger partial charge in [0.15, 0.2) is 0 Å². The lowest BCUT2D eigenvalue weighted by Crippen LogP contribution is -2.62. The van der Waals surface area contributed by atoms with Crippen molar-refractivity contribution in [2.45, 2.75) is 141 Å². The number of nitrogens with one attached hydrogen (secondary N) is 3. The SMILES string of the molecule is CC(C)(C)OC(=O)[C@H](NC(=O)N[C@H](C(=O)N1C[C@@H]2CC[C@@H]2[C@H]1C(=O)NC(SCCC1CCC1)C(=O)C(N)=O)C(C)(C)C)C1CCCCC1. The first-order valence-electron chi connectivity index (χ1n) is 17.8. The molecule has 5 N–H and O–H groups in total. The molecule has 4 fully saturated rings. The van der Waals surface area contributed by atoms with Crippen LogP contribution in [0.15, 0.2) is 0 Å². The van der Waals surface area contributed by atoms with Crippen LogP contribution in [-0.2, 0) is 28.7 Å². The highest BCUT2D eigenvalue weighted by Gasteiger charge is 2.54. The number of rotatable bonds is 13. The Hall–Kier alpha value is -2.83. The highest BCUT2D eigenvalue weighted by molar-refractivity contribution is 8.00. The molecule has 0 radical (unpaired) electrons. The van der Waals surface area contributed by atoms with Crippen LogP contribution >= 0.6 is 11.8 Å². The van der Waals surface area contributed by atoms with Gasteiger partial charge in [-0.15, -0.1) is 11.8 Å². The third-order valence-electron chi connectivity index (χ3n) is 10.4. The van der Waals surface area contributed by atoms with Crippen molar-refractivity contribution in [2.75, 3.05) is 12.3 Å². The van der Waals surface area contributed by atoms with E-state index in [0.717, 1.165) is 64.2 Å². The Morgan fingerprint density at radius 2 is 1.52 bits per heavy atom. The van der Waals surface area contributed by atoms with Crippen LogP contribution in [-0.4, -0.2) is 81.8 Å². The molecule has 0 aromatic heterocycles. The van der Waals surface area contributed by atoms with E-state index in [1.165, 1.54) is 23.1 Å². The molecule has 1 saturated heterocycles. The Balaban J connectivity index is 1.49. The number of nitrogens with two attached hydrogens (primary N) is 1. The normalized spacial score (nSPS) is 25.0. The second kappa shape index (κ2) is 15.8. The summed E-state index contributed by atoms with van der Waals surface area (Å²) in [6.45, 7) is 11.2. The van der Waals surface area contributed by atoms with E-state index in [9.17, 15) is 28.8 Å². The van der Waals surface area contributed by atoms with Crippen molar-refractivity contribution < 1.29 is 33.5 Å². The highest BCUT2D eigenvalue weighted by atomic mass is 32.2. The van der Waals surface area contributed by atoms with Gasteiger partial charge in [-0.1, -0.05) is 59.3 Å². The van der Waals surface area contributed by atoms with Gasteiger partial charge < -0.3 is 31.3 Å². The van der Waals surface area contributed by atoms with Crippen LogP contribution in [0.4, 0.5) is 4.79 Å². The summed E-state index contributed by atoms with van der Waals surface area (Å²) >= 11 is 1.21. The summed E-state index contributed by atoms with van der Waals surface area (Å²) < 4.78 is 5.68. The predicted octanol–water partition coefficient (Wildman–Crippen LogP) is 3.65. The minimum Gasteiger partial charge on any atom is -0.458 e. The molecule has 0 aromatic carbocycles. The summed E-state index contributed by atoms with van der Waals surface area (Å²) in [5, 5.41) is 7.33. The number of urea groups is 1. The Bertz CT molecular complexity index is 1220. The van der Waals surface area contributed by atoms with Crippen molar-refractivity contribution in [1.29, 1.82) is 0 Å². The van der Waals surface area contributed by atoms with Crippen LogP contribution in [0.25, 0.3) is 0 Å². The maximum atomic E-state index is 14.4. The molecule has 1 heterocycles. The Kier molecular flexibility index (Phi) is 12.5. The zero-order chi connectivity index (χ0) is 35.4. The van der Waals surface area contributed by atoms with E-state index in [0.29, 0.717) is 18.2 Å². The monoisotopic (exact) mass is 691 g/mol. The van der Waals surface area contributed by atoms with Crippen LogP contribution in [0.5, 0.6) is 0 Å². The minimum absolute atomic E-state index is 0.0759. The number of Topliss-reactive ketones (excluding diaryl/α,β-unsaturated/α-hetero) is 1. The lowest BCUT2D eigenvalue weighted by Gasteiger charge is -2.37. The molecule has 5 amide bonds. The van der Waals surface area contributed by atoms with Gasteiger partial charge in [0.05, 0.1) is 0 Å². The van der Waals surface area contributed by atoms with Crippen molar-refractivity contribution in [3.05, 3.63) is 0 Å². The van der Waals surface area contributed by atoms with Gasteiger partial charge in [0.1, 0.15) is 29.1 Å². The van der Waals surface area contributed by atoms with Gasteiger partial charge in [0.2, 0.25) is 11.8 Å². The number of ether oxygens (including phenoxy) is 1. The summed E-state index contributed by atoms with van der Waals surface area (Å²) in [6.07, 6.45) is 10.6. The van der Waals surface area contributed by atoms with Gasteiger partial charge in [-0.3, -0.25) is 19.2 Å². The molecule has 270 valence electrons.